The normalized spacial score (nSPS) is 66.0. The lowest BCUT2D eigenvalue weighted by molar-refractivity contribution is -0.215. The zero-order chi connectivity index (χ0) is 10.2. The van der Waals surface area contributed by atoms with Crippen molar-refractivity contribution in [3.8, 4) is 0 Å². The van der Waals surface area contributed by atoms with E-state index in [0.29, 0.717) is 6.42 Å². The van der Waals surface area contributed by atoms with Gasteiger partial charge in [-0.2, -0.15) is 12.6 Å². The summed E-state index contributed by atoms with van der Waals surface area (Å²) in [6.07, 6.45) is 4.85. The molecule has 2 atom stereocenters. The van der Waals surface area contributed by atoms with Gasteiger partial charge in [0.05, 0.1) is 11.2 Å². The standard InChI is InChI=1S/C11H18O2S/c1-8-2-9(12)5-10(13,3-8)7-11(14,4-8)6-9/h12-14H,2-7H2,1H3. The Bertz CT molecular complexity index is 206. The summed E-state index contributed by atoms with van der Waals surface area (Å²) >= 11 is 4.69. The summed E-state index contributed by atoms with van der Waals surface area (Å²) < 4.78 is -0.118. The van der Waals surface area contributed by atoms with Crippen molar-refractivity contribution < 1.29 is 10.2 Å². The van der Waals surface area contributed by atoms with Crippen LogP contribution in [-0.2, 0) is 0 Å². The van der Waals surface area contributed by atoms with Gasteiger partial charge < -0.3 is 10.2 Å². The highest BCUT2D eigenvalue weighted by molar-refractivity contribution is 7.81. The first-order chi connectivity index (χ1) is 6.24. The van der Waals surface area contributed by atoms with Gasteiger partial charge in [-0.25, -0.2) is 0 Å². The number of hydrogen-bond acceptors (Lipinski definition) is 3. The van der Waals surface area contributed by atoms with E-state index in [-0.39, 0.29) is 10.2 Å². The third kappa shape index (κ3) is 1.18. The van der Waals surface area contributed by atoms with E-state index in [0.717, 1.165) is 32.1 Å². The van der Waals surface area contributed by atoms with Crippen molar-refractivity contribution in [2.24, 2.45) is 5.41 Å². The van der Waals surface area contributed by atoms with E-state index in [4.69, 9.17) is 12.6 Å². The average Bonchev–Trinajstić information content (AvgIpc) is 1.67. The molecule has 4 aliphatic carbocycles. The van der Waals surface area contributed by atoms with E-state index in [2.05, 4.69) is 6.92 Å². The monoisotopic (exact) mass is 214 g/mol. The Labute approximate surface area is 90.1 Å². The molecule has 4 rings (SSSR count). The predicted molar refractivity (Wildman–Crippen MR) is 57.4 cm³/mol. The molecule has 14 heavy (non-hydrogen) atoms. The van der Waals surface area contributed by atoms with Crippen molar-refractivity contribution >= 4 is 12.6 Å². The summed E-state index contributed by atoms with van der Waals surface area (Å²) in [4.78, 5) is 0. The fourth-order valence-corrected chi connectivity index (χ4v) is 5.94. The van der Waals surface area contributed by atoms with Crippen LogP contribution in [-0.4, -0.2) is 26.2 Å². The summed E-state index contributed by atoms with van der Waals surface area (Å²) in [6.45, 7) is 2.19. The van der Waals surface area contributed by atoms with Gasteiger partial charge in [-0.15, -0.1) is 0 Å². The lowest BCUT2D eigenvalue weighted by atomic mass is 9.46. The lowest BCUT2D eigenvalue weighted by Crippen LogP contribution is -2.67. The molecule has 0 aromatic rings. The number of aliphatic hydroxyl groups is 2. The van der Waals surface area contributed by atoms with Crippen LogP contribution in [0.2, 0.25) is 0 Å². The molecule has 0 amide bonds. The molecule has 2 N–H and O–H groups in total. The third-order valence-corrected chi connectivity index (χ3v) is 4.72. The number of hydrogen-bond donors (Lipinski definition) is 3. The van der Waals surface area contributed by atoms with Crippen LogP contribution in [0.25, 0.3) is 0 Å². The molecule has 0 saturated heterocycles. The van der Waals surface area contributed by atoms with Crippen LogP contribution in [0.1, 0.15) is 45.4 Å². The van der Waals surface area contributed by atoms with Crippen LogP contribution in [0.15, 0.2) is 0 Å². The molecular formula is C11H18O2S. The molecule has 0 aromatic carbocycles. The Hall–Kier alpha value is 0.270. The molecule has 4 aliphatic rings. The fraction of sp³-hybridized carbons (Fsp3) is 1.00. The van der Waals surface area contributed by atoms with Crippen molar-refractivity contribution in [2.75, 3.05) is 0 Å². The predicted octanol–water partition coefficient (Wildman–Crippen LogP) is 1.50. The summed E-state index contributed by atoms with van der Waals surface area (Å²) in [7, 11) is 0. The second-order valence-corrected chi connectivity index (χ2v) is 7.49. The quantitative estimate of drug-likeness (QED) is 0.535. The van der Waals surface area contributed by atoms with Crippen LogP contribution in [0.3, 0.4) is 0 Å². The summed E-state index contributed by atoms with van der Waals surface area (Å²) in [5.41, 5.74) is -1.17. The minimum atomic E-state index is -0.639. The van der Waals surface area contributed by atoms with Gasteiger partial charge in [-0.05, 0) is 37.5 Å². The van der Waals surface area contributed by atoms with Crippen molar-refractivity contribution in [1.29, 1.82) is 0 Å². The first-order valence-corrected chi connectivity index (χ1v) is 5.86. The second-order valence-electron chi connectivity index (χ2n) is 6.54. The molecule has 2 nitrogen and oxygen atoms in total. The topological polar surface area (TPSA) is 40.5 Å². The fourth-order valence-electron chi connectivity index (χ4n) is 4.97. The maximum Gasteiger partial charge on any atom is 0.0693 e. The number of rotatable bonds is 0. The Morgan fingerprint density at radius 2 is 1.36 bits per heavy atom. The van der Waals surface area contributed by atoms with Crippen LogP contribution in [0, 0.1) is 5.41 Å². The molecule has 0 aromatic heterocycles. The van der Waals surface area contributed by atoms with Crippen LogP contribution >= 0.6 is 12.6 Å². The first kappa shape index (κ1) is 9.49. The highest BCUT2D eigenvalue weighted by Crippen LogP contribution is 2.66. The Balaban J connectivity index is 2.08. The van der Waals surface area contributed by atoms with Crippen LogP contribution in [0.5, 0.6) is 0 Å². The van der Waals surface area contributed by atoms with Gasteiger partial charge in [0.1, 0.15) is 0 Å². The second kappa shape index (κ2) is 2.18. The van der Waals surface area contributed by atoms with Gasteiger partial charge in [0, 0.05) is 11.2 Å². The SMILES string of the molecule is CC12CC3(O)CC(O)(C1)CC(S)(C2)C3. The molecular weight excluding hydrogens is 196 g/mol. The zero-order valence-electron chi connectivity index (χ0n) is 8.58. The maximum atomic E-state index is 10.4. The van der Waals surface area contributed by atoms with E-state index >= 15 is 0 Å². The lowest BCUT2D eigenvalue weighted by Gasteiger charge is -2.65. The summed E-state index contributed by atoms with van der Waals surface area (Å²) in [5, 5.41) is 20.8. The first-order valence-electron chi connectivity index (χ1n) is 5.41. The van der Waals surface area contributed by atoms with Gasteiger partial charge in [0.25, 0.3) is 0 Å². The van der Waals surface area contributed by atoms with E-state index in [1.54, 1.807) is 0 Å². The maximum absolute atomic E-state index is 10.4. The Morgan fingerprint density at radius 1 is 0.857 bits per heavy atom. The van der Waals surface area contributed by atoms with Crippen molar-refractivity contribution in [3.05, 3.63) is 0 Å². The molecule has 4 fully saturated rings. The highest BCUT2D eigenvalue weighted by Gasteiger charge is 2.65. The largest absolute Gasteiger partial charge is 0.390 e. The highest BCUT2D eigenvalue weighted by atomic mass is 32.1. The van der Waals surface area contributed by atoms with E-state index in [9.17, 15) is 10.2 Å². The van der Waals surface area contributed by atoms with E-state index < -0.39 is 11.2 Å². The minimum Gasteiger partial charge on any atom is -0.390 e. The van der Waals surface area contributed by atoms with Gasteiger partial charge in [-0.1, -0.05) is 6.92 Å². The molecule has 0 radical (unpaired) electrons. The molecule has 0 heterocycles. The minimum absolute atomic E-state index is 0.111. The molecule has 4 bridgehead atoms. The van der Waals surface area contributed by atoms with Crippen molar-refractivity contribution in [2.45, 2.75) is 61.4 Å². The van der Waals surface area contributed by atoms with Gasteiger partial charge >= 0.3 is 0 Å². The van der Waals surface area contributed by atoms with E-state index in [1.165, 1.54) is 0 Å². The molecule has 80 valence electrons. The summed E-state index contributed by atoms with van der Waals surface area (Å²) in [5.74, 6) is 0. The molecule has 3 heteroatoms. The smallest absolute Gasteiger partial charge is 0.0693 e. The van der Waals surface area contributed by atoms with Gasteiger partial charge in [0.15, 0.2) is 0 Å². The molecule has 0 spiro atoms. The average molecular weight is 214 g/mol. The Kier molecular flexibility index (Phi) is 1.48. The Morgan fingerprint density at radius 3 is 1.71 bits per heavy atom. The van der Waals surface area contributed by atoms with Gasteiger partial charge in [-0.3, -0.25) is 0 Å². The van der Waals surface area contributed by atoms with Crippen molar-refractivity contribution in [1.82, 2.24) is 0 Å². The third-order valence-electron chi connectivity index (χ3n) is 4.24. The molecule has 4 saturated carbocycles. The number of thiol groups is 1. The summed E-state index contributed by atoms with van der Waals surface area (Å²) in [6, 6.07) is 0. The zero-order valence-corrected chi connectivity index (χ0v) is 9.48. The van der Waals surface area contributed by atoms with Crippen LogP contribution < -0.4 is 0 Å². The van der Waals surface area contributed by atoms with Crippen molar-refractivity contribution in [3.63, 3.8) is 0 Å². The van der Waals surface area contributed by atoms with Gasteiger partial charge in [0.2, 0.25) is 0 Å². The van der Waals surface area contributed by atoms with Crippen LogP contribution in [0.4, 0.5) is 0 Å². The van der Waals surface area contributed by atoms with E-state index in [1.807, 2.05) is 0 Å². The molecule has 2 unspecified atom stereocenters. The molecule has 0 aliphatic heterocycles.